The standard InChI is InChI=1S/C22H17BrN4O2/c23-20-12-11-19(29-20)22(28)25-24-13-18-15-27(14-16-7-3-1-4-8-16)26-21(18)17-9-5-2-6-10-17/h1-13,15H,14H2,(H,25,28)/b24-13+. The first kappa shape index (κ1) is 18.9. The summed E-state index contributed by atoms with van der Waals surface area (Å²) in [5.74, 6) is -0.248. The largest absolute Gasteiger partial charge is 0.444 e. The van der Waals surface area contributed by atoms with Crippen LogP contribution in [0.25, 0.3) is 11.3 Å². The zero-order valence-electron chi connectivity index (χ0n) is 15.3. The van der Waals surface area contributed by atoms with Crippen LogP contribution in [0.5, 0.6) is 0 Å². The zero-order chi connectivity index (χ0) is 20.1. The molecular formula is C22H17BrN4O2. The van der Waals surface area contributed by atoms with E-state index in [-0.39, 0.29) is 5.76 Å². The molecule has 6 nitrogen and oxygen atoms in total. The predicted octanol–water partition coefficient (Wildman–Crippen LogP) is 4.72. The molecule has 1 N–H and O–H groups in total. The second-order valence-electron chi connectivity index (χ2n) is 6.29. The third-order valence-corrected chi connectivity index (χ3v) is 4.62. The van der Waals surface area contributed by atoms with Crippen molar-refractivity contribution in [1.29, 1.82) is 0 Å². The number of amides is 1. The Morgan fingerprint density at radius 3 is 2.48 bits per heavy atom. The number of rotatable bonds is 6. The number of hydrogen-bond donors (Lipinski definition) is 1. The molecule has 2 heterocycles. The summed E-state index contributed by atoms with van der Waals surface area (Å²) in [6.07, 6.45) is 3.50. The Kier molecular flexibility index (Phi) is 5.67. The Morgan fingerprint density at radius 2 is 1.79 bits per heavy atom. The van der Waals surface area contributed by atoms with E-state index in [2.05, 4.69) is 38.6 Å². The van der Waals surface area contributed by atoms with Crippen LogP contribution in [0.4, 0.5) is 0 Å². The van der Waals surface area contributed by atoms with E-state index in [9.17, 15) is 4.79 Å². The Hall–Kier alpha value is -3.45. The summed E-state index contributed by atoms with van der Waals surface area (Å²) in [5, 5.41) is 8.80. The average Bonchev–Trinajstić information content (AvgIpc) is 3.36. The lowest BCUT2D eigenvalue weighted by atomic mass is 10.1. The van der Waals surface area contributed by atoms with Gasteiger partial charge in [-0.25, -0.2) is 5.43 Å². The summed E-state index contributed by atoms with van der Waals surface area (Å²) in [5.41, 5.74) is 6.19. The third-order valence-electron chi connectivity index (χ3n) is 4.19. The lowest BCUT2D eigenvalue weighted by Crippen LogP contribution is -2.16. The normalized spacial score (nSPS) is 11.1. The van der Waals surface area contributed by atoms with Gasteiger partial charge in [-0.1, -0.05) is 60.7 Å². The molecule has 2 aromatic carbocycles. The summed E-state index contributed by atoms with van der Waals surface area (Å²) in [6, 6.07) is 23.2. The monoisotopic (exact) mass is 448 g/mol. The molecule has 0 spiro atoms. The number of nitrogens with one attached hydrogen (secondary N) is 1. The number of benzene rings is 2. The average molecular weight is 449 g/mol. The Balaban J connectivity index is 1.57. The number of carbonyl (C=O) groups excluding carboxylic acids is 1. The van der Waals surface area contributed by atoms with Crippen molar-refractivity contribution in [2.75, 3.05) is 0 Å². The van der Waals surface area contributed by atoms with E-state index in [1.165, 1.54) is 0 Å². The molecule has 0 aliphatic carbocycles. The van der Waals surface area contributed by atoms with E-state index in [1.54, 1.807) is 18.3 Å². The molecule has 0 unspecified atom stereocenters. The number of halogens is 1. The first-order valence-corrected chi connectivity index (χ1v) is 9.74. The van der Waals surface area contributed by atoms with Crippen molar-refractivity contribution in [3.05, 3.63) is 101 Å². The quantitative estimate of drug-likeness (QED) is 0.342. The third kappa shape index (κ3) is 4.70. The number of furan rings is 1. The van der Waals surface area contributed by atoms with Gasteiger partial charge < -0.3 is 4.42 Å². The second-order valence-corrected chi connectivity index (χ2v) is 7.07. The summed E-state index contributed by atoms with van der Waals surface area (Å²) in [4.78, 5) is 12.1. The SMILES string of the molecule is O=C(N/N=C/c1cn(Cc2ccccc2)nc1-c1ccccc1)c1ccc(Br)o1. The minimum absolute atomic E-state index is 0.178. The minimum Gasteiger partial charge on any atom is -0.444 e. The zero-order valence-corrected chi connectivity index (χ0v) is 16.9. The highest BCUT2D eigenvalue weighted by atomic mass is 79.9. The number of hydrogen-bond acceptors (Lipinski definition) is 4. The van der Waals surface area contributed by atoms with Gasteiger partial charge in [0, 0.05) is 17.3 Å². The van der Waals surface area contributed by atoms with Crippen LogP contribution < -0.4 is 5.43 Å². The van der Waals surface area contributed by atoms with Crippen molar-refractivity contribution in [2.24, 2.45) is 5.10 Å². The molecule has 29 heavy (non-hydrogen) atoms. The maximum Gasteiger partial charge on any atom is 0.307 e. The lowest BCUT2D eigenvalue weighted by molar-refractivity contribution is 0.0926. The van der Waals surface area contributed by atoms with E-state index < -0.39 is 5.91 Å². The minimum atomic E-state index is -0.426. The highest BCUT2D eigenvalue weighted by Gasteiger charge is 2.12. The molecule has 0 fully saturated rings. The van der Waals surface area contributed by atoms with Gasteiger partial charge in [-0.05, 0) is 33.6 Å². The van der Waals surface area contributed by atoms with Gasteiger partial charge in [0.05, 0.1) is 12.8 Å². The lowest BCUT2D eigenvalue weighted by Gasteiger charge is -2.01. The number of carbonyl (C=O) groups is 1. The molecule has 1 amide bonds. The molecule has 0 aliphatic rings. The predicted molar refractivity (Wildman–Crippen MR) is 115 cm³/mol. The number of nitrogens with zero attached hydrogens (tertiary/aromatic N) is 3. The molecule has 4 aromatic rings. The fourth-order valence-electron chi connectivity index (χ4n) is 2.85. The molecule has 0 saturated heterocycles. The second kappa shape index (κ2) is 8.70. The van der Waals surface area contributed by atoms with Gasteiger partial charge in [0.25, 0.3) is 0 Å². The summed E-state index contributed by atoms with van der Waals surface area (Å²) >= 11 is 3.17. The fourth-order valence-corrected chi connectivity index (χ4v) is 3.16. The number of hydrazone groups is 1. The molecule has 4 rings (SSSR count). The maximum atomic E-state index is 12.1. The van der Waals surface area contributed by atoms with Crippen LogP contribution in [0.1, 0.15) is 21.7 Å². The topological polar surface area (TPSA) is 72.4 Å². The molecule has 144 valence electrons. The van der Waals surface area contributed by atoms with Gasteiger partial charge in [0.1, 0.15) is 5.69 Å². The first-order valence-electron chi connectivity index (χ1n) is 8.94. The van der Waals surface area contributed by atoms with Crippen LogP contribution >= 0.6 is 15.9 Å². The molecule has 0 aliphatic heterocycles. The summed E-state index contributed by atoms with van der Waals surface area (Å²) in [6.45, 7) is 0.640. The van der Waals surface area contributed by atoms with Gasteiger partial charge >= 0.3 is 5.91 Å². The van der Waals surface area contributed by atoms with Crippen LogP contribution in [-0.4, -0.2) is 21.9 Å². The Morgan fingerprint density at radius 1 is 1.07 bits per heavy atom. The van der Waals surface area contributed by atoms with Crippen molar-refractivity contribution >= 4 is 28.1 Å². The Labute approximate surface area is 176 Å². The van der Waals surface area contributed by atoms with Gasteiger partial charge in [0.2, 0.25) is 0 Å². The van der Waals surface area contributed by atoms with Crippen molar-refractivity contribution in [1.82, 2.24) is 15.2 Å². The van der Waals surface area contributed by atoms with Gasteiger partial charge in [-0.15, -0.1) is 0 Å². The highest BCUT2D eigenvalue weighted by molar-refractivity contribution is 9.10. The molecule has 0 atom stereocenters. The van der Waals surface area contributed by atoms with E-state index in [4.69, 9.17) is 9.52 Å². The van der Waals surface area contributed by atoms with E-state index >= 15 is 0 Å². The highest BCUT2D eigenvalue weighted by Crippen LogP contribution is 2.21. The molecular weight excluding hydrogens is 432 g/mol. The molecule has 7 heteroatoms. The van der Waals surface area contributed by atoms with Crippen molar-refractivity contribution in [3.8, 4) is 11.3 Å². The van der Waals surface area contributed by atoms with Crippen molar-refractivity contribution in [3.63, 3.8) is 0 Å². The van der Waals surface area contributed by atoms with Crippen LogP contribution in [0.15, 0.2) is 93.2 Å². The molecule has 0 bridgehead atoms. The fraction of sp³-hybridized carbons (Fsp3) is 0.0455. The van der Waals surface area contributed by atoms with E-state index in [0.29, 0.717) is 11.2 Å². The summed E-state index contributed by atoms with van der Waals surface area (Å²) in [7, 11) is 0. The van der Waals surface area contributed by atoms with Crippen LogP contribution in [-0.2, 0) is 6.54 Å². The smallest absolute Gasteiger partial charge is 0.307 e. The molecule has 0 saturated carbocycles. The molecule has 0 radical (unpaired) electrons. The number of aromatic nitrogens is 2. The van der Waals surface area contributed by atoms with Gasteiger partial charge in [-0.3, -0.25) is 9.48 Å². The maximum absolute atomic E-state index is 12.1. The summed E-state index contributed by atoms with van der Waals surface area (Å²) < 4.78 is 7.58. The van der Waals surface area contributed by atoms with Crippen molar-refractivity contribution < 1.29 is 9.21 Å². The van der Waals surface area contributed by atoms with Crippen LogP contribution in [0.3, 0.4) is 0 Å². The van der Waals surface area contributed by atoms with Crippen LogP contribution in [0, 0.1) is 0 Å². The van der Waals surface area contributed by atoms with Crippen LogP contribution in [0.2, 0.25) is 0 Å². The van der Waals surface area contributed by atoms with Crippen molar-refractivity contribution in [2.45, 2.75) is 6.54 Å². The van der Waals surface area contributed by atoms with E-state index in [0.717, 1.165) is 22.4 Å². The van der Waals surface area contributed by atoms with E-state index in [1.807, 2.05) is 59.4 Å². The van der Waals surface area contributed by atoms with Gasteiger partial charge in [0.15, 0.2) is 10.4 Å². The molecule has 2 aromatic heterocycles. The van der Waals surface area contributed by atoms with Gasteiger partial charge in [-0.2, -0.15) is 10.2 Å². The first-order chi connectivity index (χ1) is 14.2. The Bertz CT molecular complexity index is 1130.